The topological polar surface area (TPSA) is 49.4 Å². The third-order valence-electron chi connectivity index (χ3n) is 2.86. The molecule has 1 atom stereocenters. The predicted molar refractivity (Wildman–Crippen MR) is 65.4 cm³/mol. The average Bonchev–Trinajstić information content (AvgIpc) is 2.70. The molecule has 0 aromatic heterocycles. The van der Waals surface area contributed by atoms with Gasteiger partial charge in [-0.1, -0.05) is 22.9 Å². The number of hydrogen-bond acceptors (Lipinski definition) is 2. The Morgan fingerprint density at radius 1 is 1.40 bits per heavy atom. The highest BCUT2D eigenvalue weighted by atomic mass is 79.9. The van der Waals surface area contributed by atoms with Crippen LogP contribution in [0.2, 0.25) is 0 Å². The van der Waals surface area contributed by atoms with Crippen LogP contribution >= 0.6 is 15.9 Å². The van der Waals surface area contributed by atoms with Crippen molar-refractivity contribution in [2.45, 2.75) is 38.6 Å². The van der Waals surface area contributed by atoms with Crippen LogP contribution in [0.3, 0.4) is 0 Å². The number of halogens is 1. The molecule has 0 amide bonds. The molecule has 1 heterocycles. The normalized spacial score (nSPS) is 22.9. The van der Waals surface area contributed by atoms with Crippen LogP contribution < -0.4 is 4.72 Å². The van der Waals surface area contributed by atoms with E-state index in [0.717, 1.165) is 19.3 Å². The van der Waals surface area contributed by atoms with Crippen LogP contribution in [0.25, 0.3) is 0 Å². The molecule has 0 spiro atoms. The summed E-state index contributed by atoms with van der Waals surface area (Å²) in [6.07, 6.45) is 2.71. The second-order valence-corrected chi connectivity index (χ2v) is 6.49. The number of alkyl halides is 1. The van der Waals surface area contributed by atoms with Crippen molar-refractivity contribution < 1.29 is 8.42 Å². The molecule has 0 saturated carbocycles. The van der Waals surface area contributed by atoms with Gasteiger partial charge in [0.15, 0.2) is 0 Å². The lowest BCUT2D eigenvalue weighted by Crippen LogP contribution is -2.52. The largest absolute Gasteiger partial charge is 0.279 e. The van der Waals surface area contributed by atoms with Gasteiger partial charge in [-0.3, -0.25) is 0 Å². The first-order chi connectivity index (χ1) is 6.93. The molecule has 1 saturated heterocycles. The molecule has 1 aliphatic rings. The van der Waals surface area contributed by atoms with Crippen molar-refractivity contribution in [1.29, 1.82) is 0 Å². The van der Waals surface area contributed by atoms with Crippen molar-refractivity contribution in [3.63, 3.8) is 0 Å². The monoisotopic (exact) mass is 298 g/mol. The van der Waals surface area contributed by atoms with Crippen LogP contribution in [0.5, 0.6) is 0 Å². The van der Waals surface area contributed by atoms with E-state index in [4.69, 9.17) is 0 Å². The summed E-state index contributed by atoms with van der Waals surface area (Å²) >= 11 is 3.35. The minimum absolute atomic E-state index is 0.387. The molecule has 1 N–H and O–H groups in total. The van der Waals surface area contributed by atoms with Gasteiger partial charge in [-0.15, -0.1) is 0 Å². The van der Waals surface area contributed by atoms with Crippen molar-refractivity contribution in [2.75, 3.05) is 18.4 Å². The first-order valence-corrected chi connectivity index (χ1v) is 7.85. The summed E-state index contributed by atoms with van der Waals surface area (Å²) in [5, 5.41) is 0.629. The maximum atomic E-state index is 12.0. The summed E-state index contributed by atoms with van der Waals surface area (Å²) < 4.78 is 28.2. The lowest BCUT2D eigenvalue weighted by atomic mass is 10.0. The van der Waals surface area contributed by atoms with E-state index < -0.39 is 10.2 Å². The molecule has 0 aromatic carbocycles. The van der Waals surface area contributed by atoms with E-state index >= 15 is 0 Å². The third kappa shape index (κ3) is 3.41. The lowest BCUT2D eigenvalue weighted by Gasteiger charge is -2.29. The van der Waals surface area contributed by atoms with Crippen LogP contribution in [0, 0.1) is 0 Å². The highest BCUT2D eigenvalue weighted by molar-refractivity contribution is 9.09. The zero-order valence-electron chi connectivity index (χ0n) is 9.29. The van der Waals surface area contributed by atoms with Gasteiger partial charge in [0.2, 0.25) is 0 Å². The van der Waals surface area contributed by atoms with Crippen molar-refractivity contribution in [2.24, 2.45) is 0 Å². The highest BCUT2D eigenvalue weighted by Crippen LogP contribution is 2.18. The summed E-state index contributed by atoms with van der Waals surface area (Å²) in [4.78, 5) is 0. The van der Waals surface area contributed by atoms with Crippen LogP contribution in [0.1, 0.15) is 33.1 Å². The number of rotatable bonds is 5. The molecule has 90 valence electrons. The molecule has 6 heteroatoms. The summed E-state index contributed by atoms with van der Waals surface area (Å²) in [6, 6.07) is 0. The number of nitrogens with zero attached hydrogens (tertiary/aromatic N) is 1. The van der Waals surface area contributed by atoms with Gasteiger partial charge >= 0.3 is 0 Å². The Labute approximate surface area is 101 Å². The van der Waals surface area contributed by atoms with E-state index in [1.807, 2.05) is 13.8 Å². The second-order valence-electron chi connectivity index (χ2n) is 4.26. The fourth-order valence-electron chi connectivity index (χ4n) is 1.50. The summed E-state index contributed by atoms with van der Waals surface area (Å²) in [6.45, 7) is 5.19. The standard InChI is InChI=1S/C9H19BrN2O2S/c1-3-9(2,8-10)11-15(13,14)12-6-4-5-7-12/h11H,3-8H2,1-2H3. The SMILES string of the molecule is CCC(C)(CBr)NS(=O)(=O)N1CCCC1. The van der Waals surface area contributed by atoms with E-state index in [2.05, 4.69) is 20.7 Å². The molecule has 4 nitrogen and oxygen atoms in total. The predicted octanol–water partition coefficient (Wildman–Crippen LogP) is 1.48. The minimum atomic E-state index is -3.29. The molecule has 15 heavy (non-hydrogen) atoms. The molecule has 1 rings (SSSR count). The summed E-state index contributed by atoms with van der Waals surface area (Å²) in [7, 11) is -3.29. The molecule has 0 radical (unpaired) electrons. The van der Waals surface area contributed by atoms with Crippen molar-refractivity contribution >= 4 is 26.1 Å². The molecular weight excluding hydrogens is 280 g/mol. The van der Waals surface area contributed by atoms with Crippen LogP contribution in [-0.4, -0.2) is 36.7 Å². The van der Waals surface area contributed by atoms with E-state index in [0.29, 0.717) is 18.4 Å². The first-order valence-electron chi connectivity index (χ1n) is 5.28. The average molecular weight is 299 g/mol. The van der Waals surface area contributed by atoms with E-state index in [-0.39, 0.29) is 5.54 Å². The first kappa shape index (κ1) is 13.4. The highest BCUT2D eigenvalue weighted by Gasteiger charge is 2.32. The Morgan fingerprint density at radius 2 is 1.93 bits per heavy atom. The van der Waals surface area contributed by atoms with Gasteiger partial charge in [0.25, 0.3) is 10.2 Å². The lowest BCUT2D eigenvalue weighted by molar-refractivity contribution is 0.407. The van der Waals surface area contributed by atoms with E-state index in [9.17, 15) is 8.42 Å². The van der Waals surface area contributed by atoms with Gasteiger partial charge in [-0.05, 0) is 26.2 Å². The van der Waals surface area contributed by atoms with Crippen molar-refractivity contribution in [1.82, 2.24) is 9.03 Å². The van der Waals surface area contributed by atoms with Crippen LogP contribution in [0.15, 0.2) is 0 Å². The van der Waals surface area contributed by atoms with Gasteiger partial charge in [0.05, 0.1) is 0 Å². The van der Waals surface area contributed by atoms with E-state index in [1.54, 1.807) is 0 Å². The molecule has 1 unspecified atom stereocenters. The van der Waals surface area contributed by atoms with Gasteiger partial charge in [0.1, 0.15) is 0 Å². The fourth-order valence-corrected chi connectivity index (χ4v) is 3.93. The Morgan fingerprint density at radius 3 is 2.33 bits per heavy atom. The maximum Gasteiger partial charge on any atom is 0.279 e. The zero-order chi connectivity index (χ0) is 11.5. The van der Waals surface area contributed by atoms with Crippen molar-refractivity contribution in [3.8, 4) is 0 Å². The Balaban J connectivity index is 2.70. The third-order valence-corrected chi connectivity index (χ3v) is 5.89. The molecule has 1 fully saturated rings. The molecular formula is C9H19BrN2O2S. The molecule has 0 bridgehead atoms. The Bertz CT molecular complexity index is 295. The van der Waals surface area contributed by atoms with Crippen LogP contribution in [0.4, 0.5) is 0 Å². The second kappa shape index (κ2) is 5.12. The molecule has 0 aromatic rings. The smallest absolute Gasteiger partial charge is 0.195 e. The quantitative estimate of drug-likeness (QED) is 0.782. The van der Waals surface area contributed by atoms with Crippen molar-refractivity contribution in [3.05, 3.63) is 0 Å². The van der Waals surface area contributed by atoms with Gasteiger partial charge in [-0.2, -0.15) is 17.4 Å². The Kier molecular flexibility index (Phi) is 4.58. The molecule has 1 aliphatic heterocycles. The number of nitrogens with one attached hydrogen (secondary N) is 1. The fraction of sp³-hybridized carbons (Fsp3) is 1.00. The summed E-state index contributed by atoms with van der Waals surface area (Å²) in [5.74, 6) is 0. The maximum absolute atomic E-state index is 12.0. The van der Waals surface area contributed by atoms with Crippen LogP contribution in [-0.2, 0) is 10.2 Å². The van der Waals surface area contributed by atoms with Gasteiger partial charge in [0, 0.05) is 24.0 Å². The zero-order valence-corrected chi connectivity index (χ0v) is 11.7. The molecule has 0 aliphatic carbocycles. The minimum Gasteiger partial charge on any atom is -0.195 e. The van der Waals surface area contributed by atoms with Gasteiger partial charge < -0.3 is 0 Å². The summed E-state index contributed by atoms with van der Waals surface area (Å²) in [5.41, 5.74) is -0.387. The van der Waals surface area contributed by atoms with E-state index in [1.165, 1.54) is 4.31 Å². The van der Waals surface area contributed by atoms with Gasteiger partial charge in [-0.25, -0.2) is 0 Å². The number of hydrogen-bond donors (Lipinski definition) is 1. The Hall–Kier alpha value is 0.350.